The zero-order valence-corrected chi connectivity index (χ0v) is 20.0. The number of carboxylic acids is 1. The maximum absolute atomic E-state index is 13.0. The van der Waals surface area contributed by atoms with E-state index in [4.69, 9.17) is 5.73 Å². The van der Waals surface area contributed by atoms with E-state index in [2.05, 4.69) is 16.0 Å². The van der Waals surface area contributed by atoms with Crippen LogP contribution in [0.5, 0.6) is 0 Å². The van der Waals surface area contributed by atoms with Gasteiger partial charge < -0.3 is 26.8 Å². The van der Waals surface area contributed by atoms with E-state index in [0.29, 0.717) is 6.42 Å². The SMILES string of the molecule is CCCC[C@H](N)C(=O)N[C@@H](C)C(=O)N[C@@H](Cc1ccccc1)C(=O)N[C@@H](CC(C)C)C(=O)O. The number of carbonyl (C=O) groups excluding carboxylic acids is 3. The van der Waals surface area contributed by atoms with Crippen molar-refractivity contribution >= 4 is 23.7 Å². The third-order valence-corrected chi connectivity index (χ3v) is 5.19. The van der Waals surface area contributed by atoms with E-state index in [1.807, 2.05) is 51.1 Å². The molecule has 3 amide bonds. The van der Waals surface area contributed by atoms with Gasteiger partial charge in [-0.1, -0.05) is 63.9 Å². The van der Waals surface area contributed by atoms with Gasteiger partial charge in [-0.15, -0.1) is 0 Å². The normalized spacial score (nSPS) is 14.6. The van der Waals surface area contributed by atoms with Crippen molar-refractivity contribution in [3.05, 3.63) is 35.9 Å². The molecule has 0 heterocycles. The molecule has 0 saturated heterocycles. The van der Waals surface area contributed by atoms with Crippen molar-refractivity contribution in [2.45, 2.75) is 84.0 Å². The van der Waals surface area contributed by atoms with Crippen LogP contribution in [-0.2, 0) is 25.6 Å². The number of benzene rings is 1. The molecule has 0 spiro atoms. The Hall–Kier alpha value is -2.94. The van der Waals surface area contributed by atoms with Crippen LogP contribution in [0.2, 0.25) is 0 Å². The molecule has 1 rings (SSSR count). The Morgan fingerprint density at radius 1 is 0.909 bits per heavy atom. The first-order valence-electron chi connectivity index (χ1n) is 11.5. The summed E-state index contributed by atoms with van der Waals surface area (Å²) in [7, 11) is 0. The van der Waals surface area contributed by atoms with Gasteiger partial charge in [0.2, 0.25) is 17.7 Å². The van der Waals surface area contributed by atoms with Crippen molar-refractivity contribution in [2.24, 2.45) is 11.7 Å². The van der Waals surface area contributed by atoms with Crippen LogP contribution in [0.15, 0.2) is 30.3 Å². The van der Waals surface area contributed by atoms with Gasteiger partial charge in [0.1, 0.15) is 18.1 Å². The Balaban J connectivity index is 2.90. The molecule has 0 aromatic heterocycles. The Labute approximate surface area is 195 Å². The van der Waals surface area contributed by atoms with E-state index >= 15 is 0 Å². The molecule has 0 aliphatic rings. The van der Waals surface area contributed by atoms with Gasteiger partial charge in [0.05, 0.1) is 6.04 Å². The first-order chi connectivity index (χ1) is 15.5. The Kier molecular flexibility index (Phi) is 12.1. The second kappa shape index (κ2) is 14.3. The van der Waals surface area contributed by atoms with Gasteiger partial charge in [0.15, 0.2) is 0 Å². The molecule has 9 nitrogen and oxygen atoms in total. The van der Waals surface area contributed by atoms with Crippen LogP contribution in [0.3, 0.4) is 0 Å². The average Bonchev–Trinajstić information content (AvgIpc) is 2.76. The second-order valence-corrected chi connectivity index (χ2v) is 8.76. The van der Waals surface area contributed by atoms with E-state index in [9.17, 15) is 24.3 Å². The minimum atomic E-state index is -1.14. The number of carboxylic acid groups (broad SMARTS) is 1. The fourth-order valence-corrected chi connectivity index (χ4v) is 3.26. The molecule has 0 saturated carbocycles. The van der Waals surface area contributed by atoms with Gasteiger partial charge in [-0.3, -0.25) is 14.4 Å². The number of unbranched alkanes of at least 4 members (excludes halogenated alkanes) is 1. The zero-order chi connectivity index (χ0) is 25.0. The summed E-state index contributed by atoms with van der Waals surface area (Å²) in [6, 6.07) is 5.37. The largest absolute Gasteiger partial charge is 0.480 e. The van der Waals surface area contributed by atoms with Crippen LogP contribution >= 0.6 is 0 Å². The van der Waals surface area contributed by atoms with Gasteiger partial charge in [-0.25, -0.2) is 4.79 Å². The van der Waals surface area contributed by atoms with Crippen LogP contribution in [0.25, 0.3) is 0 Å². The summed E-state index contributed by atoms with van der Waals surface area (Å²) in [6.07, 6.45) is 2.65. The summed E-state index contributed by atoms with van der Waals surface area (Å²) in [6.45, 7) is 7.23. The van der Waals surface area contributed by atoms with Crippen molar-refractivity contribution in [3.63, 3.8) is 0 Å². The minimum absolute atomic E-state index is 0.0562. The highest BCUT2D eigenvalue weighted by Crippen LogP contribution is 2.08. The van der Waals surface area contributed by atoms with Crippen LogP contribution in [0.1, 0.15) is 58.9 Å². The lowest BCUT2D eigenvalue weighted by molar-refractivity contribution is -0.142. The van der Waals surface area contributed by atoms with Gasteiger partial charge in [0, 0.05) is 6.42 Å². The lowest BCUT2D eigenvalue weighted by Crippen LogP contribution is -2.57. The van der Waals surface area contributed by atoms with E-state index in [1.165, 1.54) is 6.92 Å². The fraction of sp³-hybridized carbons (Fsp3) is 0.583. The van der Waals surface area contributed by atoms with Crippen LogP contribution < -0.4 is 21.7 Å². The van der Waals surface area contributed by atoms with Crippen molar-refractivity contribution in [3.8, 4) is 0 Å². The molecule has 0 fully saturated rings. The monoisotopic (exact) mass is 462 g/mol. The Morgan fingerprint density at radius 3 is 2.06 bits per heavy atom. The lowest BCUT2D eigenvalue weighted by atomic mass is 10.0. The summed E-state index contributed by atoms with van der Waals surface area (Å²) < 4.78 is 0. The minimum Gasteiger partial charge on any atom is -0.480 e. The highest BCUT2D eigenvalue weighted by molar-refractivity contribution is 5.94. The molecule has 33 heavy (non-hydrogen) atoms. The van der Waals surface area contributed by atoms with Crippen molar-refractivity contribution < 1.29 is 24.3 Å². The molecule has 0 aliphatic heterocycles. The molecule has 4 atom stereocenters. The first kappa shape index (κ1) is 28.1. The van der Waals surface area contributed by atoms with E-state index < -0.39 is 47.9 Å². The maximum Gasteiger partial charge on any atom is 0.326 e. The molecule has 9 heteroatoms. The maximum atomic E-state index is 13.0. The molecule has 1 aromatic rings. The van der Waals surface area contributed by atoms with Crippen molar-refractivity contribution in [2.75, 3.05) is 0 Å². The number of carbonyl (C=O) groups is 4. The van der Waals surface area contributed by atoms with E-state index in [-0.39, 0.29) is 18.8 Å². The van der Waals surface area contributed by atoms with E-state index in [1.54, 1.807) is 0 Å². The fourth-order valence-electron chi connectivity index (χ4n) is 3.26. The molecule has 0 unspecified atom stereocenters. The molecule has 6 N–H and O–H groups in total. The number of nitrogens with one attached hydrogen (secondary N) is 3. The quantitative estimate of drug-likeness (QED) is 0.282. The smallest absolute Gasteiger partial charge is 0.326 e. The van der Waals surface area contributed by atoms with E-state index in [0.717, 1.165) is 18.4 Å². The highest BCUT2D eigenvalue weighted by Gasteiger charge is 2.29. The average molecular weight is 463 g/mol. The Bertz CT molecular complexity index is 784. The molecular weight excluding hydrogens is 424 g/mol. The summed E-state index contributed by atoms with van der Waals surface area (Å²) in [5.41, 5.74) is 6.66. The number of nitrogens with two attached hydrogens (primary N) is 1. The second-order valence-electron chi connectivity index (χ2n) is 8.76. The number of hydrogen-bond donors (Lipinski definition) is 5. The van der Waals surface area contributed by atoms with Gasteiger partial charge in [0.25, 0.3) is 0 Å². The molecule has 1 aromatic carbocycles. The molecule has 0 bridgehead atoms. The standard InChI is InChI=1S/C24H38N4O5/c1-5-6-12-18(25)22(30)26-16(4)21(29)27-19(14-17-10-8-7-9-11-17)23(31)28-20(24(32)33)13-15(2)3/h7-11,15-16,18-20H,5-6,12-14,25H2,1-4H3,(H,26,30)(H,27,29)(H,28,31)(H,32,33)/t16-,18-,19-,20-/m0/s1. The molecular formula is C24H38N4O5. The molecule has 184 valence electrons. The van der Waals surface area contributed by atoms with Crippen LogP contribution in [0, 0.1) is 5.92 Å². The number of hydrogen-bond acceptors (Lipinski definition) is 5. The van der Waals surface area contributed by atoms with Crippen molar-refractivity contribution in [1.29, 1.82) is 0 Å². The molecule has 0 radical (unpaired) electrons. The van der Waals surface area contributed by atoms with Crippen LogP contribution in [0.4, 0.5) is 0 Å². The van der Waals surface area contributed by atoms with Crippen molar-refractivity contribution in [1.82, 2.24) is 16.0 Å². The first-order valence-corrected chi connectivity index (χ1v) is 11.5. The van der Waals surface area contributed by atoms with Crippen LogP contribution in [-0.4, -0.2) is 53.0 Å². The summed E-state index contributed by atoms with van der Waals surface area (Å²) >= 11 is 0. The Morgan fingerprint density at radius 2 is 1.52 bits per heavy atom. The van der Waals surface area contributed by atoms with Gasteiger partial charge >= 0.3 is 5.97 Å². The predicted molar refractivity (Wildman–Crippen MR) is 126 cm³/mol. The predicted octanol–water partition coefficient (Wildman–Crippen LogP) is 1.35. The number of aliphatic carboxylic acids is 1. The topological polar surface area (TPSA) is 151 Å². The highest BCUT2D eigenvalue weighted by atomic mass is 16.4. The third-order valence-electron chi connectivity index (χ3n) is 5.19. The zero-order valence-electron chi connectivity index (χ0n) is 20.0. The summed E-state index contributed by atoms with van der Waals surface area (Å²) in [5, 5.41) is 17.2. The summed E-state index contributed by atoms with van der Waals surface area (Å²) in [4.78, 5) is 49.5. The number of amides is 3. The number of rotatable bonds is 14. The summed E-state index contributed by atoms with van der Waals surface area (Å²) in [5.74, 6) is -2.67. The van der Waals surface area contributed by atoms with Gasteiger partial charge in [-0.05, 0) is 31.2 Å². The lowest BCUT2D eigenvalue weighted by Gasteiger charge is -2.24. The van der Waals surface area contributed by atoms with Gasteiger partial charge in [-0.2, -0.15) is 0 Å². The molecule has 0 aliphatic carbocycles. The third kappa shape index (κ3) is 10.5.